The van der Waals surface area contributed by atoms with Crippen molar-refractivity contribution in [3.63, 3.8) is 0 Å². The number of fused-ring (bicyclic) bond motifs is 1. The van der Waals surface area contributed by atoms with Crippen LogP contribution in [0.1, 0.15) is 46.3 Å². The van der Waals surface area contributed by atoms with Gasteiger partial charge in [-0.1, -0.05) is 18.2 Å². The summed E-state index contributed by atoms with van der Waals surface area (Å²) in [5.74, 6) is -0.0357. The molecular weight excluding hydrogens is 700 g/mol. The summed E-state index contributed by atoms with van der Waals surface area (Å²) in [6.45, 7) is 0.0582. The molecule has 0 spiro atoms. The Kier molecular flexibility index (Phi) is 12.8. The number of benzene rings is 4. The standard InChI is InChI=1S/C41H42O13/c1-47-32-18-24(8-12-30(32)42)10-14-37(44)52-16-6-7-26-17-28-29(23-53-38(45)15-11-25-9-13-31(43)33(19-25)48-2)40(54-41(28)36(20-26)51-5)27-21-34(49-3)39(46)35(22-27)50-4/h8-15,17-22,29,40,42-43,46H,6-7,16,23H2,1-5H3/b14-10+,15-11+/t29-,40+/m1/s1. The molecule has 4 aromatic carbocycles. The lowest BCUT2D eigenvalue weighted by Gasteiger charge is -2.21. The van der Waals surface area contributed by atoms with Gasteiger partial charge in [-0.05, 0) is 84.1 Å². The largest absolute Gasteiger partial charge is 0.504 e. The third-order valence-electron chi connectivity index (χ3n) is 8.69. The lowest BCUT2D eigenvalue weighted by molar-refractivity contribution is -0.139. The van der Waals surface area contributed by atoms with Crippen LogP contribution in [-0.4, -0.2) is 76.0 Å². The van der Waals surface area contributed by atoms with Gasteiger partial charge in [0.1, 0.15) is 12.7 Å². The second-order valence-corrected chi connectivity index (χ2v) is 12.1. The van der Waals surface area contributed by atoms with Crippen LogP contribution in [0.5, 0.6) is 51.7 Å². The summed E-state index contributed by atoms with van der Waals surface area (Å²) in [7, 11) is 7.25. The third-order valence-corrected chi connectivity index (χ3v) is 8.69. The molecule has 0 amide bonds. The molecule has 2 atom stereocenters. The number of phenols is 3. The Labute approximate surface area is 312 Å². The van der Waals surface area contributed by atoms with Crippen LogP contribution < -0.4 is 28.4 Å². The monoisotopic (exact) mass is 742 g/mol. The van der Waals surface area contributed by atoms with E-state index in [-0.39, 0.29) is 47.7 Å². The van der Waals surface area contributed by atoms with Crippen molar-refractivity contribution in [3.05, 3.63) is 101 Å². The number of rotatable bonds is 16. The predicted molar refractivity (Wildman–Crippen MR) is 198 cm³/mol. The molecular formula is C41H42O13. The van der Waals surface area contributed by atoms with Gasteiger partial charge < -0.3 is 53.2 Å². The molecule has 284 valence electrons. The van der Waals surface area contributed by atoms with Crippen molar-refractivity contribution in [2.75, 3.05) is 48.8 Å². The first-order valence-electron chi connectivity index (χ1n) is 16.8. The molecule has 0 radical (unpaired) electrons. The van der Waals surface area contributed by atoms with Gasteiger partial charge in [-0.15, -0.1) is 0 Å². The molecule has 1 aliphatic heterocycles. The Morgan fingerprint density at radius 2 is 1.20 bits per heavy atom. The van der Waals surface area contributed by atoms with Gasteiger partial charge in [0.15, 0.2) is 46.0 Å². The number of carbonyl (C=O) groups excluding carboxylic acids is 2. The summed E-state index contributed by atoms with van der Waals surface area (Å²) in [5.41, 5.74) is 3.47. The van der Waals surface area contributed by atoms with Crippen LogP contribution in [0.3, 0.4) is 0 Å². The van der Waals surface area contributed by atoms with Gasteiger partial charge in [-0.2, -0.15) is 0 Å². The summed E-state index contributed by atoms with van der Waals surface area (Å²) in [5, 5.41) is 30.3. The number of aryl methyl sites for hydroxylation is 1. The average molecular weight is 743 g/mol. The zero-order valence-corrected chi connectivity index (χ0v) is 30.5. The van der Waals surface area contributed by atoms with Crippen molar-refractivity contribution >= 4 is 24.1 Å². The van der Waals surface area contributed by atoms with Crippen LogP contribution in [0.4, 0.5) is 0 Å². The highest BCUT2D eigenvalue weighted by Gasteiger charge is 2.40. The fourth-order valence-corrected chi connectivity index (χ4v) is 5.95. The zero-order chi connectivity index (χ0) is 38.8. The molecule has 5 rings (SSSR count). The maximum Gasteiger partial charge on any atom is 0.330 e. The van der Waals surface area contributed by atoms with Gasteiger partial charge in [0, 0.05) is 23.3 Å². The topological polar surface area (TPSA) is 169 Å². The van der Waals surface area contributed by atoms with Gasteiger partial charge in [-0.3, -0.25) is 0 Å². The van der Waals surface area contributed by atoms with Gasteiger partial charge in [0.2, 0.25) is 5.75 Å². The van der Waals surface area contributed by atoms with E-state index in [1.807, 2.05) is 12.1 Å². The van der Waals surface area contributed by atoms with E-state index in [4.69, 9.17) is 37.9 Å². The molecule has 4 aromatic rings. The highest BCUT2D eigenvalue weighted by molar-refractivity contribution is 5.87. The maximum absolute atomic E-state index is 13.0. The van der Waals surface area contributed by atoms with Gasteiger partial charge in [0.05, 0.1) is 48.1 Å². The molecule has 1 heterocycles. The Morgan fingerprint density at radius 3 is 1.74 bits per heavy atom. The second-order valence-electron chi connectivity index (χ2n) is 12.1. The van der Waals surface area contributed by atoms with Crippen LogP contribution in [0.2, 0.25) is 0 Å². The molecule has 1 aliphatic rings. The Balaban J connectivity index is 1.33. The van der Waals surface area contributed by atoms with Crippen molar-refractivity contribution in [1.29, 1.82) is 0 Å². The van der Waals surface area contributed by atoms with Crippen LogP contribution in [0, 0.1) is 0 Å². The molecule has 0 bridgehead atoms. The van der Waals surface area contributed by atoms with E-state index in [0.717, 1.165) is 11.1 Å². The van der Waals surface area contributed by atoms with E-state index in [1.165, 1.54) is 59.8 Å². The first-order chi connectivity index (χ1) is 26.1. The Morgan fingerprint density at radius 1 is 0.667 bits per heavy atom. The van der Waals surface area contributed by atoms with Crippen LogP contribution in [0.15, 0.2) is 72.8 Å². The van der Waals surface area contributed by atoms with Gasteiger partial charge >= 0.3 is 11.9 Å². The number of methoxy groups -OCH3 is 5. The third kappa shape index (κ3) is 9.10. The van der Waals surface area contributed by atoms with Crippen molar-refractivity contribution < 1.29 is 62.8 Å². The zero-order valence-electron chi connectivity index (χ0n) is 30.5. The molecule has 13 nitrogen and oxygen atoms in total. The fourth-order valence-electron chi connectivity index (χ4n) is 5.95. The van der Waals surface area contributed by atoms with E-state index < -0.39 is 24.0 Å². The van der Waals surface area contributed by atoms with Gasteiger partial charge in [-0.25, -0.2) is 9.59 Å². The second kappa shape index (κ2) is 17.8. The van der Waals surface area contributed by atoms with Crippen molar-refractivity contribution in [2.45, 2.75) is 24.9 Å². The van der Waals surface area contributed by atoms with E-state index in [1.54, 1.807) is 48.6 Å². The highest BCUT2D eigenvalue weighted by Crippen LogP contribution is 2.53. The number of ether oxygens (including phenoxy) is 8. The van der Waals surface area contributed by atoms with Crippen LogP contribution in [-0.2, 0) is 25.5 Å². The van der Waals surface area contributed by atoms with Crippen LogP contribution >= 0.6 is 0 Å². The summed E-state index contributed by atoms with van der Waals surface area (Å²) in [6.07, 6.45) is 6.01. The minimum absolute atomic E-state index is 0.00330. The number of hydrogen-bond donors (Lipinski definition) is 3. The normalized spacial score (nSPS) is 14.7. The quantitative estimate of drug-likeness (QED) is 0.0646. The smallest absolute Gasteiger partial charge is 0.330 e. The maximum atomic E-state index is 13.0. The molecule has 0 aromatic heterocycles. The summed E-state index contributed by atoms with van der Waals surface area (Å²) >= 11 is 0. The SMILES string of the molecule is COc1cc(/C=C/C(=O)OCCCc2cc(OC)c3c(c2)[C@@H](COC(=O)/C=C/c2ccc(O)c(OC)c2)[C@H](c2cc(OC)c(O)c(OC)c2)O3)ccc1O. The van der Waals surface area contributed by atoms with Crippen molar-refractivity contribution in [2.24, 2.45) is 0 Å². The summed E-state index contributed by atoms with van der Waals surface area (Å²) in [4.78, 5) is 25.4. The molecule has 0 fully saturated rings. The predicted octanol–water partition coefficient (Wildman–Crippen LogP) is 6.51. The molecule has 0 saturated carbocycles. The highest BCUT2D eigenvalue weighted by atomic mass is 16.5. The minimum Gasteiger partial charge on any atom is -0.504 e. The van der Waals surface area contributed by atoms with Crippen molar-refractivity contribution in [1.82, 2.24) is 0 Å². The molecule has 0 aliphatic carbocycles. The molecule has 0 unspecified atom stereocenters. The Bertz CT molecular complexity index is 2010. The van der Waals surface area contributed by atoms with Crippen LogP contribution in [0.25, 0.3) is 12.2 Å². The average Bonchev–Trinajstić information content (AvgIpc) is 3.56. The van der Waals surface area contributed by atoms with E-state index in [9.17, 15) is 24.9 Å². The van der Waals surface area contributed by atoms with E-state index in [2.05, 4.69) is 0 Å². The number of aromatic hydroxyl groups is 3. The van der Waals surface area contributed by atoms with E-state index in [0.29, 0.717) is 46.8 Å². The lowest BCUT2D eigenvalue weighted by atomic mass is 9.89. The number of carbonyl (C=O) groups is 2. The van der Waals surface area contributed by atoms with Crippen molar-refractivity contribution in [3.8, 4) is 51.7 Å². The van der Waals surface area contributed by atoms with E-state index >= 15 is 0 Å². The summed E-state index contributed by atoms with van der Waals surface area (Å²) in [6, 6.07) is 16.5. The van der Waals surface area contributed by atoms with Gasteiger partial charge in [0.25, 0.3) is 0 Å². The molecule has 3 N–H and O–H groups in total. The Hall–Kier alpha value is -6.50. The molecule has 13 heteroatoms. The fraction of sp³-hybridized carbons (Fsp3) is 0.268. The number of esters is 2. The molecule has 54 heavy (non-hydrogen) atoms. The summed E-state index contributed by atoms with van der Waals surface area (Å²) < 4.78 is 44.5. The molecule has 0 saturated heterocycles. The number of phenolic OH excluding ortho intramolecular Hbond substituents is 3. The number of hydrogen-bond acceptors (Lipinski definition) is 13. The first-order valence-corrected chi connectivity index (χ1v) is 16.8. The first kappa shape index (κ1) is 38.7. The minimum atomic E-state index is -0.702. The lowest BCUT2D eigenvalue weighted by Crippen LogP contribution is -2.17.